The Morgan fingerprint density at radius 2 is 2.06 bits per heavy atom. The molecule has 1 aliphatic rings. The van der Waals surface area contributed by atoms with Crippen molar-refractivity contribution in [3.63, 3.8) is 0 Å². The minimum atomic E-state index is -0.480. The molecule has 1 saturated carbocycles. The first-order valence-corrected chi connectivity index (χ1v) is 6.73. The third kappa shape index (κ3) is 3.12. The number of hydrogen-bond donors (Lipinski definition) is 2. The summed E-state index contributed by atoms with van der Waals surface area (Å²) in [5.41, 5.74) is 5.77. The Hall–Kier alpha value is -0.740. The lowest BCUT2D eigenvalue weighted by Crippen LogP contribution is -2.34. The van der Waals surface area contributed by atoms with E-state index in [9.17, 15) is 5.11 Å². The highest BCUT2D eigenvalue weighted by Gasteiger charge is 2.29. The fraction of sp³-hybridized carbons (Fsp3) is 0.583. The van der Waals surface area contributed by atoms with Crippen LogP contribution in [0.15, 0.2) is 23.4 Å². The molecule has 4 heteroatoms. The van der Waals surface area contributed by atoms with E-state index in [1.807, 2.05) is 12.1 Å². The average Bonchev–Trinajstić information content (AvgIpc) is 2.29. The lowest BCUT2D eigenvalue weighted by molar-refractivity contribution is 0.0272. The van der Waals surface area contributed by atoms with Crippen molar-refractivity contribution in [1.29, 1.82) is 0 Å². The molecule has 1 heterocycles. The summed E-state index contributed by atoms with van der Waals surface area (Å²) in [5.74, 6) is 0.740. The Bertz CT molecular complexity index is 333. The van der Waals surface area contributed by atoms with Gasteiger partial charge in [-0.3, -0.25) is 0 Å². The van der Waals surface area contributed by atoms with E-state index in [-0.39, 0.29) is 0 Å². The van der Waals surface area contributed by atoms with Crippen molar-refractivity contribution in [2.24, 2.45) is 0 Å². The molecule has 0 saturated heterocycles. The second-order valence-electron chi connectivity index (χ2n) is 4.50. The zero-order valence-electron chi connectivity index (χ0n) is 9.35. The number of nitrogen functional groups attached to an aromatic ring is 1. The van der Waals surface area contributed by atoms with E-state index in [4.69, 9.17) is 5.73 Å². The van der Waals surface area contributed by atoms with E-state index in [2.05, 4.69) is 4.98 Å². The number of aliphatic hydroxyl groups is 1. The van der Waals surface area contributed by atoms with Crippen molar-refractivity contribution >= 4 is 17.4 Å². The zero-order valence-corrected chi connectivity index (χ0v) is 10.2. The lowest BCUT2D eigenvalue weighted by Gasteiger charge is -2.31. The van der Waals surface area contributed by atoms with Gasteiger partial charge in [0.2, 0.25) is 0 Å². The van der Waals surface area contributed by atoms with Crippen LogP contribution >= 0.6 is 11.8 Å². The van der Waals surface area contributed by atoms with Gasteiger partial charge in [-0.05, 0) is 25.0 Å². The lowest BCUT2D eigenvalue weighted by atomic mass is 9.86. The van der Waals surface area contributed by atoms with Crippen molar-refractivity contribution in [1.82, 2.24) is 4.98 Å². The van der Waals surface area contributed by atoms with Crippen LogP contribution in [0.1, 0.15) is 32.1 Å². The summed E-state index contributed by atoms with van der Waals surface area (Å²) in [6.07, 6.45) is 7.06. The van der Waals surface area contributed by atoms with E-state index < -0.39 is 5.60 Å². The van der Waals surface area contributed by atoms with Crippen LogP contribution in [0.4, 0.5) is 5.69 Å². The molecule has 0 unspecified atom stereocenters. The quantitative estimate of drug-likeness (QED) is 0.794. The van der Waals surface area contributed by atoms with E-state index >= 15 is 0 Å². The van der Waals surface area contributed by atoms with Gasteiger partial charge >= 0.3 is 0 Å². The van der Waals surface area contributed by atoms with Crippen LogP contribution in [0, 0.1) is 0 Å². The van der Waals surface area contributed by atoms with Crippen LogP contribution in [-0.4, -0.2) is 21.4 Å². The van der Waals surface area contributed by atoms with Gasteiger partial charge in [0, 0.05) is 5.75 Å². The molecule has 1 aliphatic carbocycles. The summed E-state index contributed by atoms with van der Waals surface area (Å²) in [6, 6.07) is 3.76. The van der Waals surface area contributed by atoms with Crippen LogP contribution in [0.2, 0.25) is 0 Å². The highest BCUT2D eigenvalue weighted by atomic mass is 32.2. The molecule has 0 spiro atoms. The fourth-order valence-electron chi connectivity index (χ4n) is 2.04. The second-order valence-corrected chi connectivity index (χ2v) is 5.50. The molecule has 2 rings (SSSR count). The number of pyridine rings is 1. The summed E-state index contributed by atoms with van der Waals surface area (Å²) in [4.78, 5) is 4.22. The minimum Gasteiger partial charge on any atom is -0.397 e. The Morgan fingerprint density at radius 1 is 1.31 bits per heavy atom. The predicted molar refractivity (Wildman–Crippen MR) is 67.4 cm³/mol. The van der Waals surface area contributed by atoms with Gasteiger partial charge in [-0.1, -0.05) is 19.3 Å². The molecule has 0 atom stereocenters. The smallest absolute Gasteiger partial charge is 0.0962 e. The molecule has 0 radical (unpaired) electrons. The Morgan fingerprint density at radius 3 is 2.69 bits per heavy atom. The maximum atomic E-state index is 10.3. The molecular formula is C12H18N2OS. The largest absolute Gasteiger partial charge is 0.397 e. The first-order valence-electron chi connectivity index (χ1n) is 5.75. The maximum Gasteiger partial charge on any atom is 0.0962 e. The zero-order chi connectivity index (χ0) is 11.4. The molecule has 0 amide bonds. The normalized spacial score (nSPS) is 19.6. The monoisotopic (exact) mass is 238 g/mol. The number of nitrogens with two attached hydrogens (primary N) is 1. The number of hydrogen-bond acceptors (Lipinski definition) is 4. The highest BCUT2D eigenvalue weighted by molar-refractivity contribution is 7.99. The van der Waals surface area contributed by atoms with Crippen LogP contribution in [0.25, 0.3) is 0 Å². The van der Waals surface area contributed by atoms with E-state index in [1.54, 1.807) is 18.0 Å². The second kappa shape index (κ2) is 5.06. The summed E-state index contributed by atoms with van der Waals surface area (Å²) >= 11 is 1.62. The van der Waals surface area contributed by atoms with Gasteiger partial charge in [0.1, 0.15) is 0 Å². The van der Waals surface area contributed by atoms with Crippen LogP contribution in [-0.2, 0) is 0 Å². The highest BCUT2D eigenvalue weighted by Crippen LogP contribution is 2.32. The van der Waals surface area contributed by atoms with Gasteiger partial charge in [-0.15, -0.1) is 11.8 Å². The van der Waals surface area contributed by atoms with E-state index in [0.717, 1.165) is 36.5 Å². The number of rotatable bonds is 3. The predicted octanol–water partition coefficient (Wildman–Crippen LogP) is 2.45. The van der Waals surface area contributed by atoms with Gasteiger partial charge in [-0.25, -0.2) is 4.98 Å². The Kier molecular flexibility index (Phi) is 3.71. The molecule has 0 aromatic carbocycles. The molecule has 16 heavy (non-hydrogen) atoms. The fourth-order valence-corrected chi connectivity index (χ4v) is 3.04. The molecule has 0 bridgehead atoms. The number of nitrogens with zero attached hydrogens (tertiary/aromatic N) is 1. The first-order chi connectivity index (χ1) is 7.68. The molecule has 88 valence electrons. The van der Waals surface area contributed by atoms with Gasteiger partial charge < -0.3 is 10.8 Å². The third-order valence-electron chi connectivity index (χ3n) is 3.03. The summed E-state index contributed by atoms with van der Waals surface area (Å²) < 4.78 is 0. The van der Waals surface area contributed by atoms with Gasteiger partial charge in [0.25, 0.3) is 0 Å². The molecule has 1 fully saturated rings. The first kappa shape index (κ1) is 11.7. The topological polar surface area (TPSA) is 59.1 Å². The van der Waals surface area contributed by atoms with Gasteiger partial charge in [0.15, 0.2) is 0 Å². The number of aromatic nitrogens is 1. The summed E-state index contributed by atoms with van der Waals surface area (Å²) in [6.45, 7) is 0. The third-order valence-corrected chi connectivity index (χ3v) is 4.25. The molecule has 0 aliphatic heterocycles. The average molecular weight is 238 g/mol. The maximum absolute atomic E-state index is 10.3. The SMILES string of the molecule is Nc1ccc(SCC2(O)CCCCC2)nc1. The molecule has 3 N–H and O–H groups in total. The summed E-state index contributed by atoms with van der Waals surface area (Å²) in [5, 5.41) is 11.3. The minimum absolute atomic E-state index is 0.480. The molecule has 1 aromatic heterocycles. The van der Waals surface area contributed by atoms with E-state index in [0.29, 0.717) is 5.69 Å². The molecular weight excluding hydrogens is 220 g/mol. The van der Waals surface area contributed by atoms with Crippen molar-refractivity contribution in [3.8, 4) is 0 Å². The number of thioether (sulfide) groups is 1. The Labute approximate surface area is 100 Å². The summed E-state index contributed by atoms with van der Waals surface area (Å²) in [7, 11) is 0. The Balaban J connectivity index is 1.88. The van der Waals surface area contributed by atoms with Crippen LogP contribution in [0.5, 0.6) is 0 Å². The van der Waals surface area contributed by atoms with E-state index in [1.165, 1.54) is 6.42 Å². The van der Waals surface area contributed by atoms with Crippen LogP contribution < -0.4 is 5.73 Å². The van der Waals surface area contributed by atoms with Crippen molar-refractivity contribution in [2.45, 2.75) is 42.7 Å². The standard InChI is InChI=1S/C12H18N2OS/c13-10-4-5-11(14-8-10)16-9-12(15)6-2-1-3-7-12/h4-5,8,15H,1-3,6-7,9,13H2. The van der Waals surface area contributed by atoms with Crippen molar-refractivity contribution in [2.75, 3.05) is 11.5 Å². The van der Waals surface area contributed by atoms with Crippen LogP contribution in [0.3, 0.4) is 0 Å². The van der Waals surface area contributed by atoms with Crippen molar-refractivity contribution in [3.05, 3.63) is 18.3 Å². The van der Waals surface area contributed by atoms with Gasteiger partial charge in [-0.2, -0.15) is 0 Å². The van der Waals surface area contributed by atoms with Crippen molar-refractivity contribution < 1.29 is 5.11 Å². The number of anilines is 1. The molecule has 1 aromatic rings. The molecule has 3 nitrogen and oxygen atoms in total. The van der Waals surface area contributed by atoms with Gasteiger partial charge in [0.05, 0.1) is 22.5 Å².